The Morgan fingerprint density at radius 1 is 1.46 bits per heavy atom. The van der Waals surface area contributed by atoms with Crippen LogP contribution in [0.5, 0.6) is 0 Å². The zero-order chi connectivity index (χ0) is 9.90. The molecule has 1 rings (SSSR count). The third kappa shape index (κ3) is 2.03. The van der Waals surface area contributed by atoms with Crippen LogP contribution in [0, 0.1) is 11.3 Å². The van der Waals surface area contributed by atoms with E-state index in [2.05, 4.69) is 0 Å². The van der Waals surface area contributed by atoms with Crippen molar-refractivity contribution >= 4 is 10.0 Å². The fraction of sp³-hybridized carbons (Fsp3) is 0. The first kappa shape index (κ1) is 9.67. The van der Waals surface area contributed by atoms with Crippen molar-refractivity contribution in [1.82, 2.24) is 4.89 Å². The van der Waals surface area contributed by atoms with Crippen LogP contribution in [0.15, 0.2) is 29.2 Å². The van der Waals surface area contributed by atoms with Gasteiger partial charge in [-0.15, -0.1) is 0 Å². The molecule has 0 aliphatic carbocycles. The van der Waals surface area contributed by atoms with Gasteiger partial charge in [-0.2, -0.15) is 5.26 Å². The molecule has 0 saturated heterocycles. The van der Waals surface area contributed by atoms with E-state index in [1.54, 1.807) is 6.07 Å². The van der Waals surface area contributed by atoms with Crippen LogP contribution in [-0.4, -0.2) is 13.6 Å². The van der Waals surface area contributed by atoms with Crippen molar-refractivity contribution < 1.29 is 13.6 Å². The Balaban J connectivity index is 3.27. The molecule has 0 unspecified atom stereocenters. The summed E-state index contributed by atoms with van der Waals surface area (Å²) in [5.41, 5.74) is 0.219. The Morgan fingerprint density at radius 3 is 2.69 bits per heavy atom. The van der Waals surface area contributed by atoms with Crippen LogP contribution in [-0.2, 0) is 10.0 Å². The highest BCUT2D eigenvalue weighted by atomic mass is 32.2. The van der Waals surface area contributed by atoms with Crippen molar-refractivity contribution in [3.63, 3.8) is 0 Å². The van der Waals surface area contributed by atoms with E-state index in [0.29, 0.717) is 0 Å². The van der Waals surface area contributed by atoms with Crippen LogP contribution in [0.3, 0.4) is 0 Å². The second-order valence-electron chi connectivity index (χ2n) is 2.23. The van der Waals surface area contributed by atoms with E-state index in [9.17, 15) is 8.42 Å². The lowest BCUT2D eigenvalue weighted by Crippen LogP contribution is -2.19. The molecule has 0 fully saturated rings. The Morgan fingerprint density at radius 2 is 2.15 bits per heavy atom. The lowest BCUT2D eigenvalue weighted by atomic mass is 10.2. The first-order valence-corrected chi connectivity index (χ1v) is 4.74. The number of nitrogens with zero attached hydrogens (tertiary/aromatic N) is 1. The molecule has 2 N–H and O–H groups in total. The lowest BCUT2D eigenvalue weighted by Gasteiger charge is -2.00. The summed E-state index contributed by atoms with van der Waals surface area (Å²) in [6.07, 6.45) is 0. The molecule has 0 aromatic heterocycles. The van der Waals surface area contributed by atoms with Crippen LogP contribution in [0.1, 0.15) is 5.56 Å². The topological polar surface area (TPSA) is 90.2 Å². The van der Waals surface area contributed by atoms with Gasteiger partial charge in [0.2, 0.25) is 0 Å². The van der Waals surface area contributed by atoms with E-state index >= 15 is 0 Å². The second-order valence-corrected chi connectivity index (χ2v) is 3.90. The van der Waals surface area contributed by atoms with Gasteiger partial charge in [0.05, 0.1) is 16.5 Å². The molecule has 6 heteroatoms. The molecule has 5 nitrogen and oxygen atoms in total. The maximum absolute atomic E-state index is 11.0. The standard InChI is InChI=1S/C7H6N2O3S/c8-5-6-2-1-3-7(4-6)13(11,12)9-10/h1-4,9-10H. The molecule has 0 aliphatic rings. The van der Waals surface area contributed by atoms with Crippen molar-refractivity contribution in [2.24, 2.45) is 0 Å². The third-order valence-electron chi connectivity index (χ3n) is 1.39. The second kappa shape index (κ2) is 3.53. The van der Waals surface area contributed by atoms with E-state index in [1.807, 2.05) is 0 Å². The quantitative estimate of drug-likeness (QED) is 0.665. The van der Waals surface area contributed by atoms with Gasteiger partial charge in [-0.3, -0.25) is 0 Å². The van der Waals surface area contributed by atoms with Crippen molar-refractivity contribution in [3.8, 4) is 6.07 Å². The van der Waals surface area contributed by atoms with Gasteiger partial charge in [-0.05, 0) is 18.2 Å². The van der Waals surface area contributed by atoms with Crippen LogP contribution >= 0.6 is 0 Å². The number of hydrogen-bond acceptors (Lipinski definition) is 4. The molecule has 0 bridgehead atoms. The summed E-state index contributed by atoms with van der Waals surface area (Å²) < 4.78 is 22.0. The van der Waals surface area contributed by atoms with E-state index in [-0.39, 0.29) is 10.5 Å². The van der Waals surface area contributed by atoms with E-state index in [1.165, 1.54) is 29.2 Å². The average Bonchev–Trinajstić information content (AvgIpc) is 2.18. The van der Waals surface area contributed by atoms with Crippen LogP contribution in [0.2, 0.25) is 0 Å². The van der Waals surface area contributed by atoms with Crippen LogP contribution in [0.4, 0.5) is 0 Å². The zero-order valence-corrected chi connectivity index (χ0v) is 7.25. The number of hydrogen-bond donors (Lipinski definition) is 2. The maximum atomic E-state index is 11.0. The fourth-order valence-electron chi connectivity index (χ4n) is 0.786. The monoisotopic (exact) mass is 198 g/mol. The molecule has 0 atom stereocenters. The maximum Gasteiger partial charge on any atom is 0.262 e. The van der Waals surface area contributed by atoms with Gasteiger partial charge in [-0.25, -0.2) is 8.42 Å². The molecular formula is C7H6N2O3S. The van der Waals surface area contributed by atoms with E-state index in [4.69, 9.17) is 10.5 Å². The molecule has 13 heavy (non-hydrogen) atoms. The SMILES string of the molecule is N#Cc1cccc(S(=O)(=O)NO)c1. The minimum atomic E-state index is -3.88. The minimum absolute atomic E-state index is 0.144. The Bertz CT molecular complexity index is 447. The molecule has 0 saturated carbocycles. The Kier molecular flexibility index (Phi) is 2.63. The van der Waals surface area contributed by atoms with Gasteiger partial charge in [0.15, 0.2) is 0 Å². The van der Waals surface area contributed by atoms with Gasteiger partial charge in [0.1, 0.15) is 0 Å². The van der Waals surface area contributed by atoms with Crippen molar-refractivity contribution in [2.75, 3.05) is 0 Å². The first-order chi connectivity index (χ1) is 6.10. The normalized spacial score (nSPS) is 10.8. The summed E-state index contributed by atoms with van der Waals surface area (Å²) in [5, 5.41) is 16.8. The smallest absolute Gasteiger partial charge is 0.262 e. The zero-order valence-electron chi connectivity index (χ0n) is 6.43. The predicted octanol–water partition coefficient (Wildman–Crippen LogP) is 0.226. The van der Waals surface area contributed by atoms with Gasteiger partial charge >= 0.3 is 0 Å². The van der Waals surface area contributed by atoms with Crippen molar-refractivity contribution in [2.45, 2.75) is 4.90 Å². The molecule has 0 radical (unpaired) electrons. The van der Waals surface area contributed by atoms with Crippen molar-refractivity contribution in [1.29, 1.82) is 5.26 Å². The molecule has 0 spiro atoms. The molecular weight excluding hydrogens is 192 g/mol. The lowest BCUT2D eigenvalue weighted by molar-refractivity contribution is 0.242. The van der Waals surface area contributed by atoms with Gasteiger partial charge in [-0.1, -0.05) is 11.0 Å². The number of benzene rings is 1. The van der Waals surface area contributed by atoms with Gasteiger partial charge in [0, 0.05) is 0 Å². The van der Waals surface area contributed by atoms with Gasteiger partial charge < -0.3 is 5.21 Å². The molecule has 1 aromatic rings. The van der Waals surface area contributed by atoms with E-state index in [0.717, 1.165) is 0 Å². The highest BCUT2D eigenvalue weighted by Crippen LogP contribution is 2.09. The largest absolute Gasteiger partial charge is 0.302 e. The number of nitrogens with one attached hydrogen (secondary N) is 1. The summed E-state index contributed by atoms with van der Waals surface area (Å²) in [7, 11) is -3.88. The molecule has 0 aliphatic heterocycles. The summed E-state index contributed by atoms with van der Waals surface area (Å²) in [6, 6.07) is 7.12. The molecule has 0 amide bonds. The summed E-state index contributed by atoms with van der Waals surface area (Å²) in [4.78, 5) is 1.03. The Hall–Kier alpha value is -1.42. The van der Waals surface area contributed by atoms with Crippen LogP contribution < -0.4 is 4.89 Å². The fourth-order valence-corrected chi connectivity index (χ4v) is 1.43. The highest BCUT2D eigenvalue weighted by molar-refractivity contribution is 7.89. The predicted molar refractivity (Wildman–Crippen MR) is 43.3 cm³/mol. The minimum Gasteiger partial charge on any atom is -0.302 e. The first-order valence-electron chi connectivity index (χ1n) is 3.26. The highest BCUT2D eigenvalue weighted by Gasteiger charge is 2.11. The van der Waals surface area contributed by atoms with Gasteiger partial charge in [0.25, 0.3) is 10.0 Å². The molecule has 1 aromatic carbocycles. The average molecular weight is 198 g/mol. The number of rotatable bonds is 2. The molecule has 68 valence electrons. The van der Waals surface area contributed by atoms with E-state index < -0.39 is 10.0 Å². The summed E-state index contributed by atoms with van der Waals surface area (Å²) >= 11 is 0. The van der Waals surface area contributed by atoms with Crippen molar-refractivity contribution in [3.05, 3.63) is 29.8 Å². The number of sulfonamides is 1. The summed E-state index contributed by atoms with van der Waals surface area (Å²) in [6.45, 7) is 0. The molecule has 0 heterocycles. The Labute approximate surface area is 75.2 Å². The number of nitriles is 1. The van der Waals surface area contributed by atoms with Crippen LogP contribution in [0.25, 0.3) is 0 Å². The summed E-state index contributed by atoms with van der Waals surface area (Å²) in [5.74, 6) is 0. The third-order valence-corrected chi connectivity index (χ3v) is 2.51.